The van der Waals surface area contributed by atoms with Crippen LogP contribution in [0.25, 0.3) is 21.8 Å². The van der Waals surface area contributed by atoms with E-state index >= 15 is 0 Å². The summed E-state index contributed by atoms with van der Waals surface area (Å²) in [6.45, 7) is 21.4. The molecule has 4 rings (SSSR count). The minimum atomic E-state index is 0. The Bertz CT molecular complexity index is 983. The maximum absolute atomic E-state index is 4.36. The lowest BCUT2D eigenvalue weighted by Crippen LogP contribution is -2.11. The first kappa shape index (κ1) is 30.3. The molecule has 0 saturated carbocycles. The van der Waals surface area contributed by atoms with Crippen LogP contribution in [0, 0.1) is 0 Å². The van der Waals surface area contributed by atoms with Crippen molar-refractivity contribution in [1.29, 1.82) is 0 Å². The third-order valence-electron chi connectivity index (χ3n) is 4.91. The standard InChI is InChI=1S/2C13H15N.2C2H6.CH4/c2*1-13(2,3)11-8-9-14-12-7-5-4-6-10(11)12;2*1-2;/h2*4-9H,1-3H3;2*1-2H3;1H4. The average molecular weight is 447 g/mol. The van der Waals surface area contributed by atoms with Gasteiger partial charge in [-0.2, -0.15) is 0 Å². The molecule has 2 heterocycles. The maximum atomic E-state index is 4.36. The summed E-state index contributed by atoms with van der Waals surface area (Å²) in [5, 5.41) is 2.53. The number of pyridine rings is 2. The van der Waals surface area contributed by atoms with Gasteiger partial charge in [0.2, 0.25) is 0 Å². The first-order chi connectivity index (χ1) is 15.2. The van der Waals surface area contributed by atoms with Crippen molar-refractivity contribution in [3.63, 3.8) is 0 Å². The van der Waals surface area contributed by atoms with Crippen LogP contribution in [0.2, 0.25) is 0 Å². The molecule has 0 aliphatic carbocycles. The fourth-order valence-corrected chi connectivity index (χ4v) is 3.50. The smallest absolute Gasteiger partial charge is 0.0704 e. The molecular weight excluding hydrogens is 400 g/mol. The van der Waals surface area contributed by atoms with E-state index in [0.29, 0.717) is 0 Å². The Balaban J connectivity index is 0.000000526. The highest BCUT2D eigenvalue weighted by Crippen LogP contribution is 2.29. The number of fused-ring (bicyclic) bond motifs is 2. The van der Waals surface area contributed by atoms with Gasteiger partial charge in [-0.25, -0.2) is 0 Å². The molecular formula is C31H46N2. The van der Waals surface area contributed by atoms with Crippen molar-refractivity contribution >= 4 is 21.8 Å². The highest BCUT2D eigenvalue weighted by atomic mass is 14.7. The van der Waals surface area contributed by atoms with Crippen LogP contribution in [-0.4, -0.2) is 9.97 Å². The minimum absolute atomic E-state index is 0. The highest BCUT2D eigenvalue weighted by Gasteiger charge is 2.17. The van der Waals surface area contributed by atoms with E-state index in [4.69, 9.17) is 0 Å². The van der Waals surface area contributed by atoms with Gasteiger partial charge in [-0.05, 0) is 46.2 Å². The molecule has 0 atom stereocenters. The molecule has 2 heteroatoms. The quantitative estimate of drug-likeness (QED) is 0.268. The lowest BCUT2D eigenvalue weighted by atomic mass is 9.85. The molecule has 0 bridgehead atoms. The van der Waals surface area contributed by atoms with Crippen molar-refractivity contribution in [3.8, 4) is 0 Å². The van der Waals surface area contributed by atoms with E-state index < -0.39 is 0 Å². The van der Waals surface area contributed by atoms with E-state index in [1.165, 1.54) is 21.9 Å². The molecule has 0 saturated heterocycles. The van der Waals surface area contributed by atoms with Gasteiger partial charge in [-0.15, -0.1) is 0 Å². The van der Waals surface area contributed by atoms with Gasteiger partial charge in [-0.3, -0.25) is 9.97 Å². The van der Waals surface area contributed by atoms with Crippen LogP contribution in [0.5, 0.6) is 0 Å². The second-order valence-electron chi connectivity index (χ2n) is 9.25. The SMILES string of the molecule is C.CC.CC.CC(C)(C)c1ccnc2ccccc12.CC(C)(C)c1ccnc2ccccc12. The van der Waals surface area contributed by atoms with E-state index in [9.17, 15) is 0 Å². The van der Waals surface area contributed by atoms with E-state index in [1.54, 1.807) is 0 Å². The molecule has 0 aliphatic heterocycles. The topological polar surface area (TPSA) is 25.8 Å². The molecule has 2 aromatic heterocycles. The first-order valence-corrected chi connectivity index (χ1v) is 11.9. The number of hydrogen-bond donors (Lipinski definition) is 0. The van der Waals surface area contributed by atoms with Gasteiger partial charge in [-0.1, -0.05) is 113 Å². The van der Waals surface area contributed by atoms with Crippen LogP contribution in [0.4, 0.5) is 0 Å². The van der Waals surface area contributed by atoms with E-state index in [1.807, 2.05) is 52.2 Å². The third-order valence-corrected chi connectivity index (χ3v) is 4.91. The van der Waals surface area contributed by atoms with E-state index in [2.05, 4.69) is 100 Å². The van der Waals surface area contributed by atoms with Crippen molar-refractivity contribution in [2.75, 3.05) is 0 Å². The third kappa shape index (κ3) is 8.28. The molecule has 4 aromatic rings. The lowest BCUT2D eigenvalue weighted by Gasteiger charge is -2.20. The number of aromatic nitrogens is 2. The highest BCUT2D eigenvalue weighted by molar-refractivity contribution is 5.83. The Morgan fingerprint density at radius 3 is 1.09 bits per heavy atom. The van der Waals surface area contributed by atoms with Gasteiger partial charge in [0.15, 0.2) is 0 Å². The zero-order valence-corrected chi connectivity index (χ0v) is 21.8. The first-order valence-electron chi connectivity index (χ1n) is 11.9. The number of nitrogens with zero attached hydrogens (tertiary/aromatic N) is 2. The zero-order chi connectivity index (χ0) is 24.4. The molecule has 0 radical (unpaired) electrons. The number of rotatable bonds is 0. The number of hydrogen-bond acceptors (Lipinski definition) is 2. The minimum Gasteiger partial charge on any atom is -0.256 e. The predicted octanol–water partition coefficient (Wildman–Crippen LogP) is 9.75. The number of para-hydroxylation sites is 2. The van der Waals surface area contributed by atoms with Gasteiger partial charge in [0.05, 0.1) is 11.0 Å². The summed E-state index contributed by atoms with van der Waals surface area (Å²) in [4.78, 5) is 8.71. The molecule has 0 spiro atoms. The summed E-state index contributed by atoms with van der Waals surface area (Å²) in [6.07, 6.45) is 3.78. The van der Waals surface area contributed by atoms with Gasteiger partial charge in [0.25, 0.3) is 0 Å². The van der Waals surface area contributed by atoms with Gasteiger partial charge >= 0.3 is 0 Å². The summed E-state index contributed by atoms with van der Waals surface area (Å²) >= 11 is 0. The molecule has 33 heavy (non-hydrogen) atoms. The summed E-state index contributed by atoms with van der Waals surface area (Å²) < 4.78 is 0. The predicted molar refractivity (Wildman–Crippen MR) is 150 cm³/mol. The molecule has 2 aromatic carbocycles. The second kappa shape index (κ2) is 13.7. The van der Waals surface area contributed by atoms with Gasteiger partial charge < -0.3 is 0 Å². The van der Waals surface area contributed by atoms with Crippen LogP contribution in [0.3, 0.4) is 0 Å². The largest absolute Gasteiger partial charge is 0.256 e. The molecule has 2 nitrogen and oxygen atoms in total. The van der Waals surface area contributed by atoms with Crippen molar-refractivity contribution in [2.45, 2.75) is 87.5 Å². The molecule has 180 valence electrons. The van der Waals surface area contributed by atoms with Crippen molar-refractivity contribution < 1.29 is 0 Å². The Hall–Kier alpha value is -2.74. The van der Waals surface area contributed by atoms with Crippen molar-refractivity contribution in [2.24, 2.45) is 0 Å². The molecule has 0 N–H and O–H groups in total. The summed E-state index contributed by atoms with van der Waals surface area (Å²) in [5.41, 5.74) is 5.26. The van der Waals surface area contributed by atoms with Crippen LogP contribution >= 0.6 is 0 Å². The van der Waals surface area contributed by atoms with Crippen LogP contribution < -0.4 is 0 Å². The van der Waals surface area contributed by atoms with Gasteiger partial charge in [0.1, 0.15) is 0 Å². The summed E-state index contributed by atoms with van der Waals surface area (Å²) in [7, 11) is 0. The summed E-state index contributed by atoms with van der Waals surface area (Å²) in [6, 6.07) is 20.8. The average Bonchev–Trinajstić information content (AvgIpc) is 2.80. The molecule has 0 amide bonds. The molecule has 0 aliphatic rings. The molecule has 0 unspecified atom stereocenters. The van der Waals surface area contributed by atoms with Crippen LogP contribution in [0.15, 0.2) is 73.1 Å². The Morgan fingerprint density at radius 2 is 0.788 bits per heavy atom. The lowest BCUT2D eigenvalue weighted by molar-refractivity contribution is 0.595. The van der Waals surface area contributed by atoms with Crippen LogP contribution in [0.1, 0.15) is 87.8 Å². The zero-order valence-electron chi connectivity index (χ0n) is 21.8. The Kier molecular flexibility index (Phi) is 12.6. The van der Waals surface area contributed by atoms with E-state index in [0.717, 1.165) is 11.0 Å². The maximum Gasteiger partial charge on any atom is 0.0704 e. The monoisotopic (exact) mass is 446 g/mol. The van der Waals surface area contributed by atoms with Gasteiger partial charge in [0, 0.05) is 23.2 Å². The Labute approximate surface area is 203 Å². The fourth-order valence-electron chi connectivity index (χ4n) is 3.50. The van der Waals surface area contributed by atoms with E-state index in [-0.39, 0.29) is 18.3 Å². The normalized spacial score (nSPS) is 10.5. The molecule has 0 fully saturated rings. The fraction of sp³-hybridized carbons (Fsp3) is 0.419. The number of benzene rings is 2. The second-order valence-corrected chi connectivity index (χ2v) is 9.25. The summed E-state index contributed by atoms with van der Waals surface area (Å²) in [5.74, 6) is 0. The van der Waals surface area contributed by atoms with Crippen molar-refractivity contribution in [1.82, 2.24) is 9.97 Å². The van der Waals surface area contributed by atoms with Crippen LogP contribution in [-0.2, 0) is 10.8 Å². The Morgan fingerprint density at radius 1 is 0.485 bits per heavy atom. The van der Waals surface area contributed by atoms with Crippen molar-refractivity contribution in [3.05, 3.63) is 84.2 Å².